The van der Waals surface area contributed by atoms with Crippen molar-refractivity contribution in [3.63, 3.8) is 0 Å². The average Bonchev–Trinajstić information content (AvgIpc) is 2.90. The molecule has 108 valence electrons. The third kappa shape index (κ3) is 2.54. The monoisotopic (exact) mass is 284 g/mol. The highest BCUT2D eigenvalue weighted by atomic mass is 16.5. The maximum Gasteiger partial charge on any atom is 0.227 e. The largest absolute Gasteiger partial charge is 0.504 e. The van der Waals surface area contributed by atoms with Crippen LogP contribution in [0.1, 0.15) is 17.9 Å². The minimum absolute atomic E-state index is 0.0717. The second-order valence-corrected chi connectivity index (χ2v) is 5.04. The summed E-state index contributed by atoms with van der Waals surface area (Å²) in [4.78, 5) is 17.9. The van der Waals surface area contributed by atoms with E-state index >= 15 is 0 Å². The molecule has 0 unspecified atom stereocenters. The Balaban J connectivity index is 1.83. The molecule has 0 spiro atoms. The van der Waals surface area contributed by atoms with Gasteiger partial charge in [-0.05, 0) is 29.8 Å². The van der Waals surface area contributed by atoms with Crippen molar-refractivity contribution in [1.29, 1.82) is 0 Å². The summed E-state index contributed by atoms with van der Waals surface area (Å²) in [6.45, 7) is 0.606. The minimum Gasteiger partial charge on any atom is -0.504 e. The highest BCUT2D eigenvalue weighted by molar-refractivity contribution is 5.96. The van der Waals surface area contributed by atoms with Gasteiger partial charge in [-0.3, -0.25) is 9.78 Å². The lowest BCUT2D eigenvalue weighted by atomic mass is 9.98. The topological polar surface area (TPSA) is 62.7 Å². The second-order valence-electron chi connectivity index (χ2n) is 5.04. The summed E-state index contributed by atoms with van der Waals surface area (Å²) >= 11 is 0. The molecule has 0 radical (unpaired) electrons. The molecule has 2 aromatic rings. The van der Waals surface area contributed by atoms with Crippen molar-refractivity contribution in [3.8, 4) is 11.5 Å². The lowest BCUT2D eigenvalue weighted by Gasteiger charge is -2.16. The van der Waals surface area contributed by atoms with Crippen molar-refractivity contribution in [2.75, 3.05) is 18.6 Å². The summed E-state index contributed by atoms with van der Waals surface area (Å²) in [5.41, 5.74) is 1.80. The van der Waals surface area contributed by atoms with Crippen LogP contribution in [0.4, 0.5) is 5.69 Å². The molecular weight excluding hydrogens is 268 g/mol. The first kappa shape index (κ1) is 13.4. The van der Waals surface area contributed by atoms with Crippen molar-refractivity contribution in [2.24, 2.45) is 0 Å². The number of hydrogen-bond acceptors (Lipinski definition) is 4. The van der Waals surface area contributed by atoms with Crippen molar-refractivity contribution in [1.82, 2.24) is 4.98 Å². The van der Waals surface area contributed by atoms with Crippen LogP contribution < -0.4 is 9.64 Å². The van der Waals surface area contributed by atoms with Crippen LogP contribution in [0.3, 0.4) is 0 Å². The molecule has 21 heavy (non-hydrogen) atoms. The molecule has 3 rings (SSSR count). The molecule has 0 aliphatic carbocycles. The van der Waals surface area contributed by atoms with Crippen LogP contribution in [-0.2, 0) is 4.79 Å². The lowest BCUT2D eigenvalue weighted by Crippen LogP contribution is -2.24. The number of carbonyl (C=O) groups is 1. The van der Waals surface area contributed by atoms with Gasteiger partial charge >= 0.3 is 0 Å². The molecule has 1 fully saturated rings. The van der Waals surface area contributed by atoms with E-state index < -0.39 is 0 Å². The molecule has 5 heteroatoms. The fraction of sp³-hybridized carbons (Fsp3) is 0.250. The Morgan fingerprint density at radius 3 is 2.71 bits per heavy atom. The molecule has 1 amide bonds. The van der Waals surface area contributed by atoms with Crippen LogP contribution >= 0.6 is 0 Å². The van der Waals surface area contributed by atoms with Crippen LogP contribution in [0.15, 0.2) is 42.7 Å². The Hall–Kier alpha value is -2.56. The fourth-order valence-electron chi connectivity index (χ4n) is 2.67. The van der Waals surface area contributed by atoms with Crippen LogP contribution in [-0.4, -0.2) is 29.7 Å². The van der Waals surface area contributed by atoms with Crippen molar-refractivity contribution in [3.05, 3.63) is 48.3 Å². The van der Waals surface area contributed by atoms with Gasteiger partial charge in [0.1, 0.15) is 0 Å². The summed E-state index contributed by atoms with van der Waals surface area (Å²) in [6, 6.07) is 8.95. The predicted molar refractivity (Wildman–Crippen MR) is 78.6 cm³/mol. The van der Waals surface area contributed by atoms with E-state index in [1.807, 2.05) is 18.2 Å². The zero-order valence-corrected chi connectivity index (χ0v) is 11.7. The Bertz CT molecular complexity index is 658. The smallest absolute Gasteiger partial charge is 0.227 e. The standard InChI is InChI=1S/C16H16N2O3/c1-21-15-3-2-11(8-14(15)19)12-9-16(20)18(10-12)13-4-6-17-7-5-13/h2-8,12,19H,9-10H2,1H3/t12-/m0/s1. The van der Waals surface area contributed by atoms with Gasteiger partial charge in [0.2, 0.25) is 5.91 Å². The summed E-state index contributed by atoms with van der Waals surface area (Å²) in [7, 11) is 1.51. The maximum atomic E-state index is 12.2. The zero-order valence-electron chi connectivity index (χ0n) is 11.7. The van der Waals surface area contributed by atoms with Crippen LogP contribution in [0.25, 0.3) is 0 Å². The van der Waals surface area contributed by atoms with Gasteiger partial charge in [0.25, 0.3) is 0 Å². The number of methoxy groups -OCH3 is 1. The van der Waals surface area contributed by atoms with E-state index in [0.717, 1.165) is 11.3 Å². The molecule has 0 bridgehead atoms. The van der Waals surface area contributed by atoms with Gasteiger partial charge in [-0.1, -0.05) is 6.07 Å². The number of pyridine rings is 1. The number of nitrogens with zero attached hydrogens (tertiary/aromatic N) is 2. The van der Waals surface area contributed by atoms with Crippen LogP contribution in [0, 0.1) is 0 Å². The second kappa shape index (κ2) is 5.44. The molecule has 1 N–H and O–H groups in total. The fourth-order valence-corrected chi connectivity index (χ4v) is 2.67. The normalized spacial score (nSPS) is 18.0. The number of phenols is 1. The maximum absolute atomic E-state index is 12.2. The van der Waals surface area contributed by atoms with Crippen LogP contribution in [0.2, 0.25) is 0 Å². The number of aromatic hydroxyl groups is 1. The van der Waals surface area contributed by atoms with Gasteiger partial charge in [-0.25, -0.2) is 0 Å². The summed E-state index contributed by atoms with van der Waals surface area (Å²) in [5.74, 6) is 0.697. The average molecular weight is 284 g/mol. The van der Waals surface area contributed by atoms with E-state index in [-0.39, 0.29) is 17.6 Å². The van der Waals surface area contributed by atoms with E-state index in [0.29, 0.717) is 18.7 Å². The Morgan fingerprint density at radius 2 is 2.05 bits per heavy atom. The highest BCUT2D eigenvalue weighted by Gasteiger charge is 2.31. The molecule has 1 aromatic carbocycles. The Labute approximate surface area is 122 Å². The van der Waals surface area contributed by atoms with E-state index in [9.17, 15) is 9.90 Å². The van der Waals surface area contributed by atoms with Crippen LogP contribution in [0.5, 0.6) is 11.5 Å². The number of ether oxygens (including phenoxy) is 1. The number of carbonyl (C=O) groups excluding carboxylic acids is 1. The molecule has 1 atom stereocenters. The first-order chi connectivity index (χ1) is 10.2. The van der Waals surface area contributed by atoms with Gasteiger partial charge < -0.3 is 14.7 Å². The molecule has 1 aromatic heterocycles. The zero-order chi connectivity index (χ0) is 14.8. The molecule has 1 aliphatic rings. The Morgan fingerprint density at radius 1 is 1.29 bits per heavy atom. The number of hydrogen-bond donors (Lipinski definition) is 1. The van der Waals surface area contributed by atoms with Crippen molar-refractivity contribution < 1.29 is 14.6 Å². The van der Waals surface area contributed by atoms with E-state index in [1.165, 1.54) is 7.11 Å². The summed E-state index contributed by atoms with van der Waals surface area (Å²) < 4.78 is 5.04. The molecule has 1 aliphatic heterocycles. The number of amides is 1. The third-order valence-electron chi connectivity index (χ3n) is 3.77. The number of anilines is 1. The molecule has 1 saturated heterocycles. The van der Waals surface area contributed by atoms with Gasteiger partial charge in [0.05, 0.1) is 7.11 Å². The third-order valence-corrected chi connectivity index (χ3v) is 3.77. The summed E-state index contributed by atoms with van der Waals surface area (Å²) in [5, 5.41) is 9.87. The first-order valence-corrected chi connectivity index (χ1v) is 6.76. The number of phenolic OH excluding ortho intramolecular Hbond substituents is 1. The molecule has 2 heterocycles. The van der Waals surface area contributed by atoms with Gasteiger partial charge in [-0.2, -0.15) is 0 Å². The highest BCUT2D eigenvalue weighted by Crippen LogP contribution is 2.35. The van der Waals surface area contributed by atoms with Crippen molar-refractivity contribution >= 4 is 11.6 Å². The lowest BCUT2D eigenvalue weighted by molar-refractivity contribution is -0.117. The van der Waals surface area contributed by atoms with E-state index in [2.05, 4.69) is 4.98 Å². The minimum atomic E-state index is 0.0717. The number of benzene rings is 1. The SMILES string of the molecule is COc1ccc([C@H]2CC(=O)N(c3ccncc3)C2)cc1O. The molecule has 5 nitrogen and oxygen atoms in total. The Kier molecular flexibility index (Phi) is 3.48. The van der Waals surface area contributed by atoms with E-state index in [4.69, 9.17) is 4.74 Å². The molecule has 0 saturated carbocycles. The molecular formula is C16H16N2O3. The van der Waals surface area contributed by atoms with E-state index in [1.54, 1.807) is 29.4 Å². The summed E-state index contributed by atoms with van der Waals surface area (Å²) in [6.07, 6.45) is 3.79. The van der Waals surface area contributed by atoms with Crippen molar-refractivity contribution in [2.45, 2.75) is 12.3 Å². The van der Waals surface area contributed by atoms with Gasteiger partial charge in [0.15, 0.2) is 11.5 Å². The quantitative estimate of drug-likeness (QED) is 0.939. The first-order valence-electron chi connectivity index (χ1n) is 6.76. The van der Waals surface area contributed by atoms with Gasteiger partial charge in [-0.15, -0.1) is 0 Å². The number of rotatable bonds is 3. The predicted octanol–water partition coefficient (Wildman–Crippen LogP) is 2.32. The number of aromatic nitrogens is 1. The van der Waals surface area contributed by atoms with Gasteiger partial charge in [0, 0.05) is 37.0 Å².